The molecule has 2 bridgehead atoms. The first-order valence-electron chi connectivity index (χ1n) is 10.9. The maximum Gasteiger partial charge on any atom is 0.275 e. The number of aryl methyl sites for hydroxylation is 2. The molecule has 4 atom stereocenters. The molecule has 2 aliphatic heterocycles. The van der Waals surface area contributed by atoms with E-state index in [1.807, 2.05) is 32.0 Å². The molecule has 0 aromatic carbocycles. The van der Waals surface area contributed by atoms with Crippen molar-refractivity contribution in [3.63, 3.8) is 0 Å². The highest BCUT2D eigenvalue weighted by molar-refractivity contribution is 5.96. The lowest BCUT2D eigenvalue weighted by Crippen LogP contribution is -2.65. The molecular formula is C23H25FN6O2. The highest BCUT2D eigenvalue weighted by Crippen LogP contribution is 2.42. The van der Waals surface area contributed by atoms with E-state index < -0.39 is 12.7 Å². The van der Waals surface area contributed by atoms with Gasteiger partial charge in [-0.2, -0.15) is 10.2 Å². The van der Waals surface area contributed by atoms with Crippen molar-refractivity contribution >= 4 is 5.91 Å². The van der Waals surface area contributed by atoms with Gasteiger partial charge in [0, 0.05) is 18.5 Å². The van der Waals surface area contributed by atoms with Crippen molar-refractivity contribution in [3.05, 3.63) is 59.8 Å². The topological polar surface area (TPSA) is 86.0 Å². The van der Waals surface area contributed by atoms with Gasteiger partial charge in [0.25, 0.3) is 5.91 Å². The van der Waals surface area contributed by atoms with E-state index in [-0.39, 0.29) is 29.7 Å². The zero-order valence-corrected chi connectivity index (χ0v) is 18.1. The number of pyridine rings is 2. The summed E-state index contributed by atoms with van der Waals surface area (Å²) < 4.78 is 20.4. The summed E-state index contributed by atoms with van der Waals surface area (Å²) in [7, 11) is 0. The smallest absolute Gasteiger partial charge is 0.275 e. The van der Waals surface area contributed by atoms with Crippen LogP contribution in [-0.4, -0.2) is 60.6 Å². The van der Waals surface area contributed by atoms with E-state index >= 15 is 0 Å². The number of piperidine rings is 2. The van der Waals surface area contributed by atoms with Crippen molar-refractivity contribution < 1.29 is 13.9 Å². The molecule has 9 heteroatoms. The summed E-state index contributed by atoms with van der Waals surface area (Å²) in [6.07, 6.45) is 8.56. The number of carbonyl (C=O) groups is 1. The van der Waals surface area contributed by atoms with Crippen LogP contribution < -0.4 is 4.74 Å². The molecule has 0 radical (unpaired) electrons. The minimum absolute atomic E-state index is 0.0288. The SMILES string of the molecule is Cc1ccc(OC2CC3CCC2N(C(=O)c2ncc(C)cc2-n2nccn2)C3CF)nc1. The predicted octanol–water partition coefficient (Wildman–Crippen LogP) is 3.08. The lowest BCUT2D eigenvalue weighted by Gasteiger charge is -2.53. The molecule has 4 unspecified atom stereocenters. The molecule has 8 nitrogen and oxygen atoms in total. The molecule has 5 heterocycles. The Hall–Kier alpha value is -3.36. The summed E-state index contributed by atoms with van der Waals surface area (Å²) in [5, 5.41) is 8.34. The lowest BCUT2D eigenvalue weighted by molar-refractivity contribution is -0.0706. The quantitative estimate of drug-likeness (QED) is 0.611. The van der Waals surface area contributed by atoms with Crippen LogP contribution in [0.4, 0.5) is 4.39 Å². The molecule has 3 aliphatic rings. The largest absolute Gasteiger partial charge is 0.472 e. The standard InChI is InChI=1S/C23H25FN6O2/c1-14-3-6-21(25-12-14)32-20-10-16-4-5-17(20)29(19(16)11-24)23(31)22-18(9-15(2)13-26-22)30-27-7-8-28-30/h3,6-9,12-13,16-17,19-20H,4-5,10-11H2,1-2H3. The Morgan fingerprint density at radius 2 is 1.91 bits per heavy atom. The van der Waals surface area contributed by atoms with Crippen LogP contribution in [0, 0.1) is 19.8 Å². The van der Waals surface area contributed by atoms with Gasteiger partial charge < -0.3 is 9.64 Å². The molecule has 1 saturated carbocycles. The van der Waals surface area contributed by atoms with Gasteiger partial charge in [-0.3, -0.25) is 4.79 Å². The third-order valence-electron chi connectivity index (χ3n) is 6.45. The third kappa shape index (κ3) is 3.61. The Labute approximate surface area is 185 Å². The Morgan fingerprint density at radius 3 is 2.62 bits per heavy atom. The number of halogens is 1. The molecule has 1 aliphatic carbocycles. The molecule has 1 amide bonds. The predicted molar refractivity (Wildman–Crippen MR) is 114 cm³/mol. The van der Waals surface area contributed by atoms with E-state index in [9.17, 15) is 9.18 Å². The summed E-state index contributed by atoms with van der Waals surface area (Å²) in [6, 6.07) is 4.85. The van der Waals surface area contributed by atoms with Gasteiger partial charge >= 0.3 is 0 Å². The van der Waals surface area contributed by atoms with Crippen LogP contribution in [0.15, 0.2) is 43.0 Å². The van der Waals surface area contributed by atoms with Gasteiger partial charge in [-0.25, -0.2) is 14.4 Å². The number of aromatic nitrogens is 5. The van der Waals surface area contributed by atoms with Crippen molar-refractivity contribution in [2.24, 2.45) is 5.92 Å². The van der Waals surface area contributed by atoms with Gasteiger partial charge in [-0.05, 0) is 56.2 Å². The summed E-state index contributed by atoms with van der Waals surface area (Å²) in [5.41, 5.74) is 2.62. The van der Waals surface area contributed by atoms with E-state index in [4.69, 9.17) is 4.74 Å². The first kappa shape index (κ1) is 20.5. The molecule has 0 N–H and O–H groups in total. The minimum atomic E-state index is -0.594. The fraction of sp³-hybridized carbons (Fsp3) is 0.435. The molecule has 32 heavy (non-hydrogen) atoms. The number of hydrogen-bond donors (Lipinski definition) is 0. The van der Waals surface area contributed by atoms with Crippen LogP contribution >= 0.6 is 0 Å². The van der Waals surface area contributed by atoms with Crippen molar-refractivity contribution in [2.45, 2.75) is 51.3 Å². The van der Waals surface area contributed by atoms with Gasteiger partial charge in [-0.1, -0.05) is 6.07 Å². The Kier molecular flexibility index (Phi) is 5.32. The van der Waals surface area contributed by atoms with Gasteiger partial charge in [-0.15, -0.1) is 4.80 Å². The van der Waals surface area contributed by atoms with Crippen LogP contribution in [0.5, 0.6) is 5.88 Å². The number of alkyl halides is 1. The molecule has 6 rings (SSSR count). The average molecular weight is 436 g/mol. The third-order valence-corrected chi connectivity index (χ3v) is 6.45. The summed E-state index contributed by atoms with van der Waals surface area (Å²) in [5.74, 6) is 0.230. The van der Waals surface area contributed by atoms with E-state index in [1.54, 1.807) is 29.7 Å². The summed E-state index contributed by atoms with van der Waals surface area (Å²) in [4.78, 5) is 25.6. The van der Waals surface area contributed by atoms with Crippen molar-refractivity contribution in [2.75, 3.05) is 6.67 Å². The molecule has 3 aromatic heterocycles. The highest BCUT2D eigenvalue weighted by atomic mass is 19.1. The van der Waals surface area contributed by atoms with E-state index in [0.29, 0.717) is 18.0 Å². The van der Waals surface area contributed by atoms with E-state index in [2.05, 4.69) is 20.2 Å². The van der Waals surface area contributed by atoms with Crippen LogP contribution in [0.3, 0.4) is 0 Å². The fourth-order valence-corrected chi connectivity index (χ4v) is 4.93. The number of rotatable bonds is 5. The first-order chi connectivity index (χ1) is 15.5. The van der Waals surface area contributed by atoms with Gasteiger partial charge in [0.15, 0.2) is 5.69 Å². The molecule has 0 spiro atoms. The zero-order valence-electron chi connectivity index (χ0n) is 18.1. The molecular weight excluding hydrogens is 411 g/mol. The minimum Gasteiger partial charge on any atom is -0.472 e. The maximum absolute atomic E-state index is 14.2. The number of amides is 1. The molecule has 2 saturated heterocycles. The fourth-order valence-electron chi connectivity index (χ4n) is 4.93. The Balaban J connectivity index is 1.49. The second-order valence-corrected chi connectivity index (χ2v) is 8.60. The zero-order chi connectivity index (χ0) is 22.2. The van der Waals surface area contributed by atoms with Gasteiger partial charge in [0.2, 0.25) is 5.88 Å². The lowest BCUT2D eigenvalue weighted by atomic mass is 9.73. The summed E-state index contributed by atoms with van der Waals surface area (Å²) >= 11 is 0. The molecule has 166 valence electrons. The van der Waals surface area contributed by atoms with Gasteiger partial charge in [0.05, 0.1) is 24.5 Å². The number of carbonyl (C=O) groups excluding carboxylic acids is 1. The Morgan fingerprint density at radius 1 is 1.12 bits per heavy atom. The molecule has 3 aromatic rings. The van der Waals surface area contributed by atoms with Crippen molar-refractivity contribution in [1.29, 1.82) is 0 Å². The maximum atomic E-state index is 14.2. The molecule has 3 fully saturated rings. The Bertz CT molecular complexity index is 1100. The number of hydrogen-bond acceptors (Lipinski definition) is 6. The van der Waals surface area contributed by atoms with E-state index in [0.717, 1.165) is 24.0 Å². The average Bonchev–Trinajstić information content (AvgIpc) is 3.35. The van der Waals surface area contributed by atoms with Crippen molar-refractivity contribution in [1.82, 2.24) is 29.9 Å². The van der Waals surface area contributed by atoms with Crippen LogP contribution in [0.25, 0.3) is 5.69 Å². The van der Waals surface area contributed by atoms with E-state index in [1.165, 1.54) is 4.80 Å². The van der Waals surface area contributed by atoms with Crippen LogP contribution in [0.1, 0.15) is 40.9 Å². The van der Waals surface area contributed by atoms with Gasteiger partial charge in [0.1, 0.15) is 18.5 Å². The summed E-state index contributed by atoms with van der Waals surface area (Å²) in [6.45, 7) is 3.26. The second-order valence-electron chi connectivity index (χ2n) is 8.60. The van der Waals surface area contributed by atoms with Crippen molar-refractivity contribution in [3.8, 4) is 11.6 Å². The number of nitrogens with zero attached hydrogens (tertiary/aromatic N) is 6. The first-order valence-corrected chi connectivity index (χ1v) is 10.9. The van der Waals surface area contributed by atoms with Crippen LogP contribution in [-0.2, 0) is 0 Å². The highest BCUT2D eigenvalue weighted by Gasteiger charge is 2.51. The number of fused-ring (bicyclic) bond motifs is 3. The second kappa shape index (κ2) is 8.29. The normalized spacial score (nSPS) is 24.5. The number of ether oxygens (including phenoxy) is 1. The monoisotopic (exact) mass is 436 g/mol. The van der Waals surface area contributed by atoms with Crippen LogP contribution in [0.2, 0.25) is 0 Å².